The number of likely N-dealkylation sites (N-methyl/N-ethyl adjacent to an activating group) is 1. The number of likely N-dealkylation sites (tertiary alicyclic amines) is 1. The average molecular weight is 266 g/mol. The SMILES string of the molecule is CN(C)[C@@H]1CCN(C(=O)C[C@H](O)c2nccn2C)C1. The third-order valence-corrected chi connectivity index (χ3v) is 3.77. The fourth-order valence-electron chi connectivity index (χ4n) is 2.47. The minimum atomic E-state index is -0.828. The van der Waals surface area contributed by atoms with Crippen molar-refractivity contribution in [2.75, 3.05) is 27.2 Å². The van der Waals surface area contributed by atoms with Gasteiger partial charge in [0, 0.05) is 38.6 Å². The molecule has 19 heavy (non-hydrogen) atoms. The van der Waals surface area contributed by atoms with E-state index >= 15 is 0 Å². The number of aromatic nitrogens is 2. The first-order valence-electron chi connectivity index (χ1n) is 6.58. The first kappa shape index (κ1) is 14.0. The number of carbonyl (C=O) groups excluding carboxylic acids is 1. The highest BCUT2D eigenvalue weighted by Gasteiger charge is 2.29. The molecule has 2 heterocycles. The third kappa shape index (κ3) is 3.13. The number of aliphatic hydroxyl groups is 1. The number of aliphatic hydroxyl groups excluding tert-OH is 1. The molecule has 106 valence electrons. The number of aryl methyl sites for hydroxylation is 1. The quantitative estimate of drug-likeness (QED) is 0.833. The van der Waals surface area contributed by atoms with E-state index in [0.29, 0.717) is 11.9 Å². The Kier molecular flexibility index (Phi) is 4.21. The van der Waals surface area contributed by atoms with Crippen LogP contribution in [0.1, 0.15) is 24.8 Å². The zero-order valence-electron chi connectivity index (χ0n) is 11.8. The number of carbonyl (C=O) groups is 1. The second kappa shape index (κ2) is 5.71. The van der Waals surface area contributed by atoms with Crippen LogP contribution in [-0.4, -0.2) is 63.6 Å². The molecule has 1 amide bonds. The van der Waals surface area contributed by atoms with E-state index in [1.54, 1.807) is 17.0 Å². The standard InChI is InChI=1S/C13H22N4O2/c1-15(2)10-4-6-17(9-10)12(19)8-11(18)13-14-5-7-16(13)3/h5,7,10-11,18H,4,6,8-9H2,1-3H3/t10-,11+/m1/s1. The van der Waals surface area contributed by atoms with Gasteiger partial charge in [-0.25, -0.2) is 4.98 Å². The number of hydrogen-bond donors (Lipinski definition) is 1. The van der Waals surface area contributed by atoms with E-state index in [1.807, 2.05) is 26.0 Å². The van der Waals surface area contributed by atoms with Gasteiger partial charge in [0.25, 0.3) is 0 Å². The molecule has 0 bridgehead atoms. The molecule has 2 rings (SSSR count). The number of rotatable bonds is 4. The summed E-state index contributed by atoms with van der Waals surface area (Å²) in [5, 5.41) is 10.1. The van der Waals surface area contributed by atoms with Crippen molar-refractivity contribution >= 4 is 5.91 Å². The van der Waals surface area contributed by atoms with Crippen LogP contribution in [0, 0.1) is 0 Å². The van der Waals surface area contributed by atoms with E-state index in [0.717, 1.165) is 19.5 Å². The molecule has 0 spiro atoms. The van der Waals surface area contributed by atoms with Gasteiger partial charge in [-0.05, 0) is 20.5 Å². The summed E-state index contributed by atoms with van der Waals surface area (Å²) < 4.78 is 1.74. The average Bonchev–Trinajstić information content (AvgIpc) is 2.96. The molecule has 1 N–H and O–H groups in total. The molecular weight excluding hydrogens is 244 g/mol. The molecule has 1 aromatic rings. The molecular formula is C13H22N4O2. The highest BCUT2D eigenvalue weighted by molar-refractivity contribution is 5.77. The van der Waals surface area contributed by atoms with E-state index < -0.39 is 6.10 Å². The van der Waals surface area contributed by atoms with Gasteiger partial charge in [-0.2, -0.15) is 0 Å². The van der Waals surface area contributed by atoms with Crippen LogP contribution in [0.4, 0.5) is 0 Å². The predicted molar refractivity (Wildman–Crippen MR) is 71.5 cm³/mol. The summed E-state index contributed by atoms with van der Waals surface area (Å²) in [7, 11) is 5.87. The van der Waals surface area contributed by atoms with Gasteiger partial charge in [0.15, 0.2) is 0 Å². The van der Waals surface area contributed by atoms with E-state index in [1.165, 1.54) is 0 Å². The lowest BCUT2D eigenvalue weighted by molar-refractivity contribution is -0.132. The maximum atomic E-state index is 12.1. The summed E-state index contributed by atoms with van der Waals surface area (Å²) in [6.07, 6.45) is 3.66. The first-order valence-corrected chi connectivity index (χ1v) is 6.58. The fraction of sp³-hybridized carbons (Fsp3) is 0.692. The number of nitrogens with zero attached hydrogens (tertiary/aromatic N) is 4. The number of imidazole rings is 1. The first-order chi connectivity index (χ1) is 8.99. The van der Waals surface area contributed by atoms with Crippen LogP contribution < -0.4 is 0 Å². The third-order valence-electron chi connectivity index (χ3n) is 3.77. The largest absolute Gasteiger partial charge is 0.385 e. The van der Waals surface area contributed by atoms with Crippen molar-refractivity contribution in [3.05, 3.63) is 18.2 Å². The number of hydrogen-bond acceptors (Lipinski definition) is 4. The maximum absolute atomic E-state index is 12.1. The van der Waals surface area contributed by atoms with Gasteiger partial charge in [-0.3, -0.25) is 4.79 Å². The monoisotopic (exact) mass is 266 g/mol. The van der Waals surface area contributed by atoms with Gasteiger partial charge >= 0.3 is 0 Å². The molecule has 1 aliphatic rings. The van der Waals surface area contributed by atoms with Gasteiger partial charge in [0.05, 0.1) is 6.42 Å². The van der Waals surface area contributed by atoms with Gasteiger partial charge in [0.1, 0.15) is 11.9 Å². The minimum Gasteiger partial charge on any atom is -0.385 e. The Bertz CT molecular complexity index is 444. The van der Waals surface area contributed by atoms with Crippen LogP contribution in [0.25, 0.3) is 0 Å². The highest BCUT2D eigenvalue weighted by Crippen LogP contribution is 2.19. The predicted octanol–water partition coefficient (Wildman–Crippen LogP) is 0.00610. The van der Waals surface area contributed by atoms with Crippen molar-refractivity contribution in [3.8, 4) is 0 Å². The van der Waals surface area contributed by atoms with Crippen molar-refractivity contribution < 1.29 is 9.90 Å². The second-order valence-corrected chi connectivity index (χ2v) is 5.36. The molecule has 1 aliphatic heterocycles. The van der Waals surface area contributed by atoms with Gasteiger partial charge in [-0.1, -0.05) is 0 Å². The zero-order valence-corrected chi connectivity index (χ0v) is 11.8. The Hall–Kier alpha value is -1.40. The minimum absolute atomic E-state index is 0.000139. The van der Waals surface area contributed by atoms with Crippen molar-refractivity contribution in [2.45, 2.75) is 25.0 Å². The summed E-state index contributed by atoms with van der Waals surface area (Å²) in [4.78, 5) is 20.2. The summed E-state index contributed by atoms with van der Waals surface area (Å²) >= 11 is 0. The normalized spacial score (nSPS) is 21.1. The van der Waals surface area contributed by atoms with Crippen LogP contribution in [0.2, 0.25) is 0 Å². The summed E-state index contributed by atoms with van der Waals surface area (Å²) in [6, 6.07) is 0.425. The molecule has 0 unspecified atom stereocenters. The van der Waals surface area contributed by atoms with Crippen molar-refractivity contribution in [1.29, 1.82) is 0 Å². The summed E-state index contributed by atoms with van der Waals surface area (Å²) in [6.45, 7) is 1.52. The Morgan fingerprint density at radius 1 is 1.63 bits per heavy atom. The van der Waals surface area contributed by atoms with E-state index in [4.69, 9.17) is 0 Å². The molecule has 6 nitrogen and oxygen atoms in total. The van der Waals surface area contributed by atoms with Crippen molar-refractivity contribution in [2.24, 2.45) is 7.05 Å². The molecule has 1 fully saturated rings. The zero-order chi connectivity index (χ0) is 14.0. The lowest BCUT2D eigenvalue weighted by Crippen LogP contribution is -2.35. The molecule has 6 heteroatoms. The Morgan fingerprint density at radius 2 is 2.37 bits per heavy atom. The molecule has 0 aliphatic carbocycles. The van der Waals surface area contributed by atoms with E-state index in [9.17, 15) is 9.90 Å². The van der Waals surface area contributed by atoms with Crippen molar-refractivity contribution in [1.82, 2.24) is 19.4 Å². The van der Waals surface area contributed by atoms with Crippen LogP contribution in [0.15, 0.2) is 12.4 Å². The second-order valence-electron chi connectivity index (χ2n) is 5.36. The van der Waals surface area contributed by atoms with Crippen molar-refractivity contribution in [3.63, 3.8) is 0 Å². The topological polar surface area (TPSA) is 61.6 Å². The molecule has 0 radical (unpaired) electrons. The Balaban J connectivity index is 1.90. The lowest BCUT2D eigenvalue weighted by atomic mass is 10.2. The van der Waals surface area contributed by atoms with Crippen LogP contribution >= 0.6 is 0 Å². The smallest absolute Gasteiger partial charge is 0.225 e. The Labute approximate surface area is 113 Å². The molecule has 2 atom stereocenters. The molecule has 0 aromatic carbocycles. The van der Waals surface area contributed by atoms with Gasteiger partial charge in [-0.15, -0.1) is 0 Å². The Morgan fingerprint density at radius 3 is 2.89 bits per heavy atom. The lowest BCUT2D eigenvalue weighted by Gasteiger charge is -2.21. The molecule has 1 saturated heterocycles. The number of amides is 1. The highest BCUT2D eigenvalue weighted by atomic mass is 16.3. The van der Waals surface area contributed by atoms with Crippen LogP contribution in [-0.2, 0) is 11.8 Å². The van der Waals surface area contributed by atoms with Crippen LogP contribution in [0.5, 0.6) is 0 Å². The molecule has 1 aromatic heterocycles. The summed E-state index contributed by atoms with van der Waals surface area (Å²) in [5.74, 6) is 0.538. The van der Waals surface area contributed by atoms with Gasteiger partial charge in [0.2, 0.25) is 5.91 Å². The summed E-state index contributed by atoms with van der Waals surface area (Å²) in [5.41, 5.74) is 0. The van der Waals surface area contributed by atoms with Gasteiger partial charge < -0.3 is 19.5 Å². The van der Waals surface area contributed by atoms with E-state index in [-0.39, 0.29) is 12.3 Å². The fourth-order valence-corrected chi connectivity index (χ4v) is 2.47. The van der Waals surface area contributed by atoms with Crippen LogP contribution in [0.3, 0.4) is 0 Å². The van der Waals surface area contributed by atoms with E-state index in [2.05, 4.69) is 9.88 Å². The molecule has 0 saturated carbocycles. The maximum Gasteiger partial charge on any atom is 0.225 e.